The standard InChI is InChI=1S/C23H23N2O/c1-13(2)9-17-12-25-11-16-6-8-18-19-7-5-15(4)24-23(19)26-22(18)21(16)20(25)10-14(17)3/h5-8,10,12-13H,9,11H2,1-4H3/q+1/i1D3,2D3,9D2,13D. The van der Waals surface area contributed by atoms with Crippen LogP contribution in [0.1, 0.15) is 48.4 Å². The summed E-state index contributed by atoms with van der Waals surface area (Å²) in [4.78, 5) is 4.48. The highest BCUT2D eigenvalue weighted by Crippen LogP contribution is 2.39. The van der Waals surface area contributed by atoms with Crippen LogP contribution in [0, 0.1) is 19.7 Å². The van der Waals surface area contributed by atoms with Crippen LogP contribution in [-0.4, -0.2) is 4.98 Å². The number of furan rings is 1. The average Bonchev–Trinajstić information content (AvgIpc) is 3.27. The summed E-state index contributed by atoms with van der Waals surface area (Å²) in [6.45, 7) is -2.96. The Hall–Kier alpha value is -2.68. The van der Waals surface area contributed by atoms with Gasteiger partial charge in [0.2, 0.25) is 11.4 Å². The van der Waals surface area contributed by atoms with Crippen LogP contribution in [0.15, 0.2) is 40.9 Å². The Morgan fingerprint density at radius 3 is 2.96 bits per heavy atom. The molecular formula is C23H23N2O+. The van der Waals surface area contributed by atoms with Gasteiger partial charge in [-0.25, -0.2) is 4.98 Å². The lowest BCUT2D eigenvalue weighted by Crippen LogP contribution is -2.33. The largest absolute Gasteiger partial charge is 0.437 e. The van der Waals surface area contributed by atoms with Crippen molar-refractivity contribution in [2.24, 2.45) is 5.89 Å². The molecule has 3 nitrogen and oxygen atoms in total. The Balaban J connectivity index is 1.72. The molecule has 0 atom stereocenters. The molecular weight excluding hydrogens is 320 g/mol. The third-order valence-electron chi connectivity index (χ3n) is 4.96. The van der Waals surface area contributed by atoms with Crippen LogP contribution in [-0.2, 0) is 12.9 Å². The topological polar surface area (TPSA) is 29.9 Å². The fourth-order valence-electron chi connectivity index (χ4n) is 3.76. The first-order valence-corrected chi connectivity index (χ1v) is 8.44. The third kappa shape index (κ3) is 2.20. The monoisotopic (exact) mass is 352 g/mol. The molecule has 0 unspecified atom stereocenters. The van der Waals surface area contributed by atoms with E-state index in [1.165, 1.54) is 6.20 Å². The minimum absolute atomic E-state index is 0.144. The Morgan fingerprint density at radius 2 is 2.12 bits per heavy atom. The maximum Gasteiger partial charge on any atom is 0.227 e. The highest BCUT2D eigenvalue weighted by Gasteiger charge is 2.31. The van der Waals surface area contributed by atoms with Crippen molar-refractivity contribution in [2.45, 2.75) is 40.5 Å². The van der Waals surface area contributed by atoms with Gasteiger partial charge in [-0.05, 0) is 49.9 Å². The summed E-state index contributed by atoms with van der Waals surface area (Å²) in [5.74, 6) is -3.37. The molecule has 0 radical (unpaired) electrons. The molecule has 4 aromatic rings. The summed E-state index contributed by atoms with van der Waals surface area (Å²) in [5.41, 5.74) is 4.69. The van der Waals surface area contributed by atoms with E-state index in [9.17, 15) is 0 Å². The number of nitrogens with zero attached hydrogens (tertiary/aromatic N) is 2. The van der Waals surface area contributed by atoms with Crippen molar-refractivity contribution in [3.8, 4) is 11.3 Å². The molecule has 0 aliphatic carbocycles. The van der Waals surface area contributed by atoms with Gasteiger partial charge in [-0.2, -0.15) is 4.57 Å². The number of benzene rings is 1. The predicted molar refractivity (Wildman–Crippen MR) is 104 cm³/mol. The highest BCUT2D eigenvalue weighted by atomic mass is 16.3. The second kappa shape index (κ2) is 5.41. The van der Waals surface area contributed by atoms with Crippen molar-refractivity contribution in [1.82, 2.24) is 4.98 Å². The number of fused-ring (bicyclic) bond motifs is 7. The van der Waals surface area contributed by atoms with Crippen molar-refractivity contribution in [3.05, 3.63) is 58.9 Å². The number of hydrogen-bond acceptors (Lipinski definition) is 2. The summed E-state index contributed by atoms with van der Waals surface area (Å²) in [7, 11) is 0. The molecule has 0 spiro atoms. The number of rotatable bonds is 2. The molecule has 5 rings (SSSR count). The lowest BCUT2D eigenvalue weighted by molar-refractivity contribution is -0.672. The molecule has 0 saturated carbocycles. The second-order valence-corrected chi connectivity index (χ2v) is 6.77. The van der Waals surface area contributed by atoms with Crippen molar-refractivity contribution >= 4 is 22.1 Å². The highest BCUT2D eigenvalue weighted by molar-refractivity contribution is 6.09. The molecule has 4 heterocycles. The summed E-state index contributed by atoms with van der Waals surface area (Å²) < 4.78 is 80.1. The number of pyridine rings is 2. The maximum atomic E-state index is 8.64. The first-order valence-electron chi connectivity index (χ1n) is 12.9. The second-order valence-electron chi connectivity index (χ2n) is 6.77. The van der Waals surface area contributed by atoms with Crippen LogP contribution in [0.2, 0.25) is 0 Å². The first kappa shape index (κ1) is 8.81. The van der Waals surface area contributed by atoms with Gasteiger partial charge in [0.25, 0.3) is 0 Å². The molecule has 26 heavy (non-hydrogen) atoms. The SMILES string of the molecule is [2H]C([2H])([2H])C([2H])(C([2H])([2H])[2H])C([2H])([2H])c1c[n+]2c(cc1C)-c1c(ccc3c1oc1nc(C)ccc13)C2. The Morgan fingerprint density at radius 1 is 1.27 bits per heavy atom. The van der Waals surface area contributed by atoms with Gasteiger partial charge >= 0.3 is 0 Å². The van der Waals surface area contributed by atoms with Crippen LogP contribution in [0.25, 0.3) is 33.3 Å². The zero-order valence-electron chi connectivity index (χ0n) is 23.5. The van der Waals surface area contributed by atoms with E-state index in [2.05, 4.69) is 4.98 Å². The molecule has 0 fully saturated rings. The van der Waals surface area contributed by atoms with E-state index in [-0.39, 0.29) is 5.56 Å². The summed E-state index contributed by atoms with van der Waals surface area (Å²) >= 11 is 0. The quantitative estimate of drug-likeness (QED) is 0.413. The molecule has 1 aromatic carbocycles. The maximum absolute atomic E-state index is 8.64. The lowest BCUT2D eigenvalue weighted by atomic mass is 9.98. The smallest absolute Gasteiger partial charge is 0.227 e. The van der Waals surface area contributed by atoms with Gasteiger partial charge in [0.15, 0.2) is 18.3 Å². The number of hydrogen-bond donors (Lipinski definition) is 0. The van der Waals surface area contributed by atoms with Crippen LogP contribution in [0.5, 0.6) is 0 Å². The summed E-state index contributed by atoms with van der Waals surface area (Å²) in [6.07, 6.45) is -1.57. The number of aromatic nitrogens is 2. The Labute approximate surface area is 165 Å². The first-order chi connectivity index (χ1) is 16.1. The summed E-state index contributed by atoms with van der Waals surface area (Å²) in [6, 6.07) is 9.48. The Kier molecular flexibility index (Phi) is 1.83. The molecule has 0 N–H and O–H groups in total. The van der Waals surface area contributed by atoms with Gasteiger partial charge in [0.1, 0.15) is 0 Å². The lowest BCUT2D eigenvalue weighted by Gasteiger charge is -2.07. The third-order valence-corrected chi connectivity index (χ3v) is 4.96. The zero-order valence-corrected chi connectivity index (χ0v) is 14.5. The molecule has 0 amide bonds. The van der Waals surface area contributed by atoms with E-state index in [1.807, 2.05) is 31.2 Å². The molecule has 1 aliphatic heterocycles. The van der Waals surface area contributed by atoms with Crippen molar-refractivity contribution < 1.29 is 21.3 Å². The van der Waals surface area contributed by atoms with Gasteiger partial charge in [-0.15, -0.1) is 0 Å². The van der Waals surface area contributed by atoms with Crippen LogP contribution in [0.4, 0.5) is 0 Å². The Bertz CT molecular complexity index is 1500. The molecule has 3 heteroatoms. The van der Waals surface area contributed by atoms with Crippen LogP contribution >= 0.6 is 0 Å². The van der Waals surface area contributed by atoms with Gasteiger partial charge in [0.05, 0.1) is 5.56 Å². The minimum Gasteiger partial charge on any atom is -0.437 e. The van der Waals surface area contributed by atoms with E-state index in [0.717, 1.165) is 33.3 Å². The van der Waals surface area contributed by atoms with Crippen molar-refractivity contribution in [1.29, 1.82) is 0 Å². The van der Waals surface area contributed by atoms with Gasteiger partial charge < -0.3 is 4.42 Å². The average molecular weight is 353 g/mol. The molecule has 0 saturated heterocycles. The van der Waals surface area contributed by atoms with E-state index in [4.69, 9.17) is 16.8 Å². The van der Waals surface area contributed by atoms with E-state index in [1.54, 1.807) is 17.6 Å². The molecule has 3 aromatic heterocycles. The van der Waals surface area contributed by atoms with Crippen LogP contribution < -0.4 is 4.57 Å². The number of aryl methyl sites for hydroxylation is 2. The normalized spacial score (nSPS) is 20.0. The molecule has 1 aliphatic rings. The molecule has 130 valence electrons. The van der Waals surface area contributed by atoms with Gasteiger partial charge in [0, 0.05) is 46.0 Å². The fourth-order valence-corrected chi connectivity index (χ4v) is 3.76. The van der Waals surface area contributed by atoms with E-state index >= 15 is 0 Å². The van der Waals surface area contributed by atoms with Crippen LogP contribution in [0.3, 0.4) is 0 Å². The van der Waals surface area contributed by atoms with Gasteiger partial charge in [-0.1, -0.05) is 19.8 Å². The van der Waals surface area contributed by atoms with E-state index in [0.29, 0.717) is 23.4 Å². The summed E-state index contributed by atoms with van der Waals surface area (Å²) in [5, 5.41) is 1.78. The van der Waals surface area contributed by atoms with Crippen molar-refractivity contribution in [3.63, 3.8) is 0 Å². The predicted octanol–water partition coefficient (Wildman–Crippen LogP) is 5.11. The fraction of sp³-hybridized carbons (Fsp3) is 0.304. The molecule has 0 bridgehead atoms. The van der Waals surface area contributed by atoms with E-state index < -0.39 is 26.0 Å². The van der Waals surface area contributed by atoms with Gasteiger partial charge in [-0.3, -0.25) is 0 Å². The zero-order chi connectivity index (χ0) is 25.7. The minimum atomic E-state index is -3.40. The van der Waals surface area contributed by atoms with Crippen molar-refractivity contribution in [2.75, 3.05) is 0 Å².